The summed E-state index contributed by atoms with van der Waals surface area (Å²) in [6, 6.07) is 12.7. The van der Waals surface area contributed by atoms with Crippen LogP contribution in [0.4, 0.5) is 0 Å². The molecule has 70 valence electrons. The summed E-state index contributed by atoms with van der Waals surface area (Å²) >= 11 is 1.86. The summed E-state index contributed by atoms with van der Waals surface area (Å²) in [5, 5.41) is 0. The van der Waals surface area contributed by atoms with Crippen molar-refractivity contribution in [3.63, 3.8) is 0 Å². The molecule has 0 N–H and O–H groups in total. The van der Waals surface area contributed by atoms with Crippen LogP contribution in [0.3, 0.4) is 0 Å². The van der Waals surface area contributed by atoms with Crippen molar-refractivity contribution in [2.75, 3.05) is 0 Å². The Labute approximate surface area is 84.6 Å². The van der Waals surface area contributed by atoms with E-state index in [1.54, 1.807) is 0 Å². The van der Waals surface area contributed by atoms with Gasteiger partial charge < -0.3 is 0 Å². The smallest absolute Gasteiger partial charge is 0.00731 e. The van der Waals surface area contributed by atoms with Gasteiger partial charge in [-0.05, 0) is 25.0 Å². The molecule has 0 saturated carbocycles. The highest BCUT2D eigenvalue weighted by Gasteiger charge is 1.95. The largest absolute Gasteiger partial charge is 0.145 e. The maximum atomic E-state index is 2.23. The fourth-order valence-corrected chi connectivity index (χ4v) is 1.93. The summed E-state index contributed by atoms with van der Waals surface area (Å²) in [6.45, 7) is 6.60. The minimum atomic E-state index is 0.607. The van der Waals surface area contributed by atoms with Gasteiger partial charge in [0.25, 0.3) is 0 Å². The predicted octanol–water partition coefficient (Wildman–Crippen LogP) is 4.30. The molecule has 0 spiro atoms. The van der Waals surface area contributed by atoms with Crippen molar-refractivity contribution >= 4 is 11.3 Å². The van der Waals surface area contributed by atoms with E-state index in [9.17, 15) is 0 Å². The molecule has 1 aromatic rings. The van der Waals surface area contributed by atoms with Crippen LogP contribution in [0.15, 0.2) is 36.4 Å². The zero-order valence-electron chi connectivity index (χ0n) is 8.45. The van der Waals surface area contributed by atoms with E-state index in [0.717, 1.165) is 0 Å². The number of rotatable bonds is 1. The van der Waals surface area contributed by atoms with Crippen molar-refractivity contribution in [3.8, 4) is 0 Å². The maximum Gasteiger partial charge on any atom is 0.00731 e. The maximum absolute atomic E-state index is 2.23. The van der Waals surface area contributed by atoms with Gasteiger partial charge >= 0.3 is 0 Å². The van der Waals surface area contributed by atoms with Crippen molar-refractivity contribution in [2.45, 2.75) is 26.7 Å². The molecule has 0 bridgehead atoms. The van der Waals surface area contributed by atoms with Crippen LogP contribution in [0, 0.1) is 6.92 Å². The van der Waals surface area contributed by atoms with E-state index < -0.39 is 0 Å². The average molecular weight is 192 g/mol. The van der Waals surface area contributed by atoms with Crippen LogP contribution in [0.2, 0.25) is 0 Å². The highest BCUT2D eigenvalue weighted by Crippen LogP contribution is 2.18. The highest BCUT2D eigenvalue weighted by molar-refractivity contribution is 7.11. The van der Waals surface area contributed by atoms with Crippen molar-refractivity contribution in [3.05, 3.63) is 46.2 Å². The second kappa shape index (κ2) is 5.03. The molecule has 0 amide bonds. The summed E-state index contributed by atoms with van der Waals surface area (Å²) in [7, 11) is 0. The zero-order valence-corrected chi connectivity index (χ0v) is 9.27. The Morgan fingerprint density at radius 1 is 1.00 bits per heavy atom. The van der Waals surface area contributed by atoms with Crippen molar-refractivity contribution in [1.82, 2.24) is 0 Å². The lowest BCUT2D eigenvalue weighted by Crippen LogP contribution is -1.80. The molecule has 0 saturated heterocycles. The molecule has 0 fully saturated rings. The molecular weight excluding hydrogens is 176 g/mol. The first-order valence-electron chi connectivity index (χ1n) is 4.60. The van der Waals surface area contributed by atoms with Crippen molar-refractivity contribution < 1.29 is 0 Å². The van der Waals surface area contributed by atoms with E-state index >= 15 is 0 Å². The lowest BCUT2D eigenvalue weighted by molar-refractivity contribution is 0.888. The first-order valence-corrected chi connectivity index (χ1v) is 5.41. The summed E-state index contributed by atoms with van der Waals surface area (Å²) in [5.41, 5.74) is 0. The molecule has 0 unspecified atom stereocenters. The molecule has 1 aromatic heterocycles. The molecule has 1 heteroatoms. The van der Waals surface area contributed by atoms with Gasteiger partial charge in [0.05, 0.1) is 0 Å². The Balaban J connectivity index is 3.24. The van der Waals surface area contributed by atoms with Gasteiger partial charge in [0.2, 0.25) is 0 Å². The third-order valence-electron chi connectivity index (χ3n) is 1.77. The first kappa shape index (κ1) is 10.3. The lowest BCUT2D eigenvalue weighted by atomic mass is 10.2. The van der Waals surface area contributed by atoms with E-state index in [0.29, 0.717) is 5.92 Å². The summed E-state index contributed by atoms with van der Waals surface area (Å²) in [5.74, 6) is 0.607. The molecule has 1 heterocycles. The van der Waals surface area contributed by atoms with Crippen LogP contribution in [-0.2, 0) is 0 Å². The van der Waals surface area contributed by atoms with E-state index in [1.165, 1.54) is 9.75 Å². The Hall–Kier alpha value is -0.820. The van der Waals surface area contributed by atoms with Crippen LogP contribution >= 0.6 is 11.3 Å². The molecule has 0 aromatic carbocycles. The molecule has 0 aliphatic carbocycles. The molecule has 0 nitrogen and oxygen atoms in total. The minimum absolute atomic E-state index is 0.607. The summed E-state index contributed by atoms with van der Waals surface area (Å²) in [4.78, 5) is 2.77. The Bertz CT molecular complexity index is 309. The van der Waals surface area contributed by atoms with Gasteiger partial charge in [-0.1, -0.05) is 38.1 Å². The van der Waals surface area contributed by atoms with E-state index in [4.69, 9.17) is 0 Å². The van der Waals surface area contributed by atoms with Crippen molar-refractivity contribution in [1.29, 1.82) is 0 Å². The van der Waals surface area contributed by atoms with E-state index in [1.807, 2.05) is 11.3 Å². The Morgan fingerprint density at radius 2 is 1.62 bits per heavy atom. The monoisotopic (exact) mass is 192 g/mol. The second-order valence-electron chi connectivity index (χ2n) is 3.37. The van der Waals surface area contributed by atoms with Gasteiger partial charge in [-0.15, -0.1) is 11.3 Å². The van der Waals surface area contributed by atoms with Crippen LogP contribution < -0.4 is 0 Å². The third-order valence-corrected chi connectivity index (χ3v) is 3.07. The standard InChI is InChI=1S/C12H16S/c1-10(2)12-9-7-5-4-6-8-11(3)13-12/h4-10H,1-3H3. The highest BCUT2D eigenvalue weighted by atomic mass is 32.1. The number of aryl methyl sites for hydroxylation is 1. The fraction of sp³-hybridized carbons (Fsp3) is 0.333. The summed E-state index contributed by atoms with van der Waals surface area (Å²) < 4.78 is 0. The fourth-order valence-electron chi connectivity index (χ4n) is 1.03. The number of hydrogen-bond acceptors (Lipinski definition) is 1. The normalized spacial score (nSPS) is 9.85. The van der Waals surface area contributed by atoms with Crippen LogP contribution in [0.1, 0.15) is 29.5 Å². The summed E-state index contributed by atoms with van der Waals surface area (Å²) in [6.07, 6.45) is 0. The number of hydrogen-bond donors (Lipinski definition) is 0. The molecule has 13 heavy (non-hydrogen) atoms. The second-order valence-corrected chi connectivity index (χ2v) is 4.69. The SMILES string of the molecule is Cc1ccccccc(C(C)C)s1. The Morgan fingerprint density at radius 3 is 2.23 bits per heavy atom. The van der Waals surface area contributed by atoms with Crippen LogP contribution in [0.5, 0.6) is 0 Å². The average Bonchev–Trinajstić information content (AvgIpc) is 2.16. The van der Waals surface area contributed by atoms with E-state index in [2.05, 4.69) is 57.2 Å². The predicted molar refractivity (Wildman–Crippen MR) is 60.8 cm³/mol. The van der Waals surface area contributed by atoms with Crippen LogP contribution in [0.25, 0.3) is 0 Å². The molecule has 0 aliphatic heterocycles. The lowest BCUT2D eigenvalue weighted by Gasteiger charge is -2.00. The minimum Gasteiger partial charge on any atom is -0.145 e. The van der Waals surface area contributed by atoms with E-state index in [-0.39, 0.29) is 0 Å². The van der Waals surface area contributed by atoms with Crippen LogP contribution in [-0.4, -0.2) is 0 Å². The molecular formula is C12H16S. The molecule has 0 aliphatic rings. The third kappa shape index (κ3) is 3.60. The molecule has 0 atom stereocenters. The Kier molecular flexibility index (Phi) is 3.97. The van der Waals surface area contributed by atoms with Gasteiger partial charge in [0, 0.05) is 9.75 Å². The van der Waals surface area contributed by atoms with Gasteiger partial charge in [-0.3, -0.25) is 0 Å². The van der Waals surface area contributed by atoms with Gasteiger partial charge in [0.1, 0.15) is 0 Å². The molecule has 0 radical (unpaired) electrons. The van der Waals surface area contributed by atoms with Gasteiger partial charge in [-0.25, -0.2) is 0 Å². The van der Waals surface area contributed by atoms with Crippen molar-refractivity contribution in [2.24, 2.45) is 0 Å². The first-order chi connectivity index (χ1) is 6.20. The molecule has 1 rings (SSSR count). The topological polar surface area (TPSA) is 0 Å². The van der Waals surface area contributed by atoms with Gasteiger partial charge in [0.15, 0.2) is 0 Å². The quantitative estimate of drug-likeness (QED) is 0.622. The van der Waals surface area contributed by atoms with Gasteiger partial charge in [-0.2, -0.15) is 0 Å². The zero-order chi connectivity index (χ0) is 9.68.